The molecule has 0 amide bonds. The molecule has 0 aliphatic rings. The van der Waals surface area contributed by atoms with E-state index in [1.54, 1.807) is 12.1 Å². The minimum Gasteiger partial charge on any atom is -0.497 e. The maximum Gasteiger partial charge on any atom is 0.335 e. The van der Waals surface area contributed by atoms with Crippen molar-refractivity contribution in [2.24, 2.45) is 0 Å². The maximum atomic E-state index is 10.9. The summed E-state index contributed by atoms with van der Waals surface area (Å²) in [6, 6.07) is 4.90. The van der Waals surface area contributed by atoms with Gasteiger partial charge in [-0.1, -0.05) is 12.2 Å². The van der Waals surface area contributed by atoms with Crippen LogP contribution in [0.1, 0.15) is 15.9 Å². The number of hydrogen-bond acceptors (Lipinski definition) is 3. The number of aromatic carboxylic acids is 1. The zero-order valence-electron chi connectivity index (χ0n) is 9.36. The Morgan fingerprint density at radius 1 is 1.50 bits per heavy atom. The van der Waals surface area contributed by atoms with E-state index in [1.807, 2.05) is 19.2 Å². The first-order chi connectivity index (χ1) is 7.67. The molecule has 86 valence electrons. The molecule has 0 atom stereocenters. The molecule has 0 aliphatic heterocycles. The Morgan fingerprint density at radius 2 is 2.25 bits per heavy atom. The fraction of sp³-hybridized carbons (Fsp3) is 0.250. The Labute approximate surface area is 94.6 Å². The highest BCUT2D eigenvalue weighted by Crippen LogP contribution is 2.18. The lowest BCUT2D eigenvalue weighted by Crippen LogP contribution is -2.03. The SMILES string of the molecule is CNCC=Cc1cc(OC)cc(C(=O)O)c1. The molecule has 0 fully saturated rings. The molecule has 4 nitrogen and oxygen atoms in total. The van der Waals surface area contributed by atoms with Crippen LogP contribution in [0.5, 0.6) is 5.75 Å². The van der Waals surface area contributed by atoms with Crippen molar-refractivity contribution in [3.05, 3.63) is 35.4 Å². The fourth-order valence-electron chi connectivity index (χ4n) is 1.27. The van der Waals surface area contributed by atoms with Crippen molar-refractivity contribution in [3.8, 4) is 5.75 Å². The summed E-state index contributed by atoms with van der Waals surface area (Å²) in [6.45, 7) is 0.736. The normalized spacial score (nSPS) is 10.6. The second-order valence-electron chi connectivity index (χ2n) is 3.26. The van der Waals surface area contributed by atoms with Crippen LogP contribution in [0, 0.1) is 0 Å². The predicted octanol–water partition coefficient (Wildman–Crippen LogP) is 1.63. The van der Waals surface area contributed by atoms with E-state index in [0.29, 0.717) is 5.75 Å². The molecular weight excluding hydrogens is 206 g/mol. The first-order valence-electron chi connectivity index (χ1n) is 4.91. The van der Waals surface area contributed by atoms with E-state index in [9.17, 15) is 4.79 Å². The number of carbonyl (C=O) groups is 1. The Morgan fingerprint density at radius 3 is 2.81 bits per heavy atom. The van der Waals surface area contributed by atoms with Crippen molar-refractivity contribution in [3.63, 3.8) is 0 Å². The van der Waals surface area contributed by atoms with E-state index in [4.69, 9.17) is 9.84 Å². The van der Waals surface area contributed by atoms with Crippen LogP contribution in [0.15, 0.2) is 24.3 Å². The van der Waals surface area contributed by atoms with Crippen molar-refractivity contribution < 1.29 is 14.6 Å². The van der Waals surface area contributed by atoms with Crippen LogP contribution >= 0.6 is 0 Å². The predicted molar refractivity (Wildman–Crippen MR) is 62.9 cm³/mol. The summed E-state index contributed by atoms with van der Waals surface area (Å²) in [6.07, 6.45) is 3.77. The van der Waals surface area contributed by atoms with Gasteiger partial charge < -0.3 is 15.2 Å². The monoisotopic (exact) mass is 221 g/mol. The van der Waals surface area contributed by atoms with Gasteiger partial charge in [0.25, 0.3) is 0 Å². The van der Waals surface area contributed by atoms with E-state index in [1.165, 1.54) is 13.2 Å². The Balaban J connectivity index is 2.99. The molecule has 0 aliphatic carbocycles. The third-order valence-corrected chi connectivity index (χ3v) is 2.04. The van der Waals surface area contributed by atoms with Gasteiger partial charge >= 0.3 is 5.97 Å². The highest BCUT2D eigenvalue weighted by atomic mass is 16.5. The molecule has 0 spiro atoms. The third-order valence-electron chi connectivity index (χ3n) is 2.04. The Kier molecular flexibility index (Phi) is 4.54. The van der Waals surface area contributed by atoms with E-state index in [0.717, 1.165) is 12.1 Å². The lowest BCUT2D eigenvalue weighted by Gasteiger charge is -2.03. The lowest BCUT2D eigenvalue weighted by molar-refractivity contribution is 0.0696. The Hall–Kier alpha value is -1.81. The van der Waals surface area contributed by atoms with Gasteiger partial charge in [-0.25, -0.2) is 4.79 Å². The van der Waals surface area contributed by atoms with E-state index in [2.05, 4.69) is 5.32 Å². The molecule has 0 radical (unpaired) electrons. The molecule has 0 saturated heterocycles. The summed E-state index contributed by atoms with van der Waals surface area (Å²) >= 11 is 0. The van der Waals surface area contributed by atoms with Gasteiger partial charge in [0.2, 0.25) is 0 Å². The summed E-state index contributed by atoms with van der Waals surface area (Å²) in [4.78, 5) is 10.9. The van der Waals surface area contributed by atoms with Crippen LogP contribution in [-0.2, 0) is 0 Å². The second kappa shape index (κ2) is 5.92. The summed E-state index contributed by atoms with van der Waals surface area (Å²) < 4.78 is 5.04. The molecule has 0 aromatic heterocycles. The molecule has 1 aromatic rings. The minimum atomic E-state index is -0.956. The summed E-state index contributed by atoms with van der Waals surface area (Å²) in [5, 5.41) is 11.9. The molecule has 0 heterocycles. The van der Waals surface area contributed by atoms with Gasteiger partial charge in [-0.3, -0.25) is 0 Å². The van der Waals surface area contributed by atoms with Crippen LogP contribution < -0.4 is 10.1 Å². The van der Waals surface area contributed by atoms with Gasteiger partial charge in [-0.05, 0) is 30.8 Å². The van der Waals surface area contributed by atoms with Crippen LogP contribution in [0.4, 0.5) is 0 Å². The minimum absolute atomic E-state index is 0.225. The van der Waals surface area contributed by atoms with Gasteiger partial charge in [0.05, 0.1) is 12.7 Å². The topological polar surface area (TPSA) is 58.6 Å². The molecule has 2 N–H and O–H groups in total. The quantitative estimate of drug-likeness (QED) is 0.793. The van der Waals surface area contributed by atoms with E-state index < -0.39 is 5.97 Å². The highest BCUT2D eigenvalue weighted by molar-refractivity contribution is 5.89. The first kappa shape index (κ1) is 12.3. The number of ether oxygens (including phenoxy) is 1. The van der Waals surface area contributed by atoms with Crippen molar-refractivity contribution in [2.75, 3.05) is 20.7 Å². The van der Waals surface area contributed by atoms with Gasteiger partial charge in [-0.2, -0.15) is 0 Å². The van der Waals surface area contributed by atoms with Gasteiger partial charge in [0, 0.05) is 6.54 Å². The molecule has 16 heavy (non-hydrogen) atoms. The number of carboxylic acids is 1. The number of rotatable bonds is 5. The number of carboxylic acid groups (broad SMARTS) is 1. The first-order valence-corrected chi connectivity index (χ1v) is 4.91. The summed E-state index contributed by atoms with van der Waals surface area (Å²) in [5.74, 6) is -0.411. The van der Waals surface area contributed by atoms with E-state index in [-0.39, 0.29) is 5.56 Å². The maximum absolute atomic E-state index is 10.9. The molecule has 0 bridgehead atoms. The number of hydrogen-bond donors (Lipinski definition) is 2. The van der Waals surface area contributed by atoms with Crippen LogP contribution in [0.2, 0.25) is 0 Å². The van der Waals surface area contributed by atoms with Gasteiger partial charge in [0.1, 0.15) is 5.75 Å². The number of methoxy groups -OCH3 is 1. The van der Waals surface area contributed by atoms with E-state index >= 15 is 0 Å². The lowest BCUT2D eigenvalue weighted by atomic mass is 10.1. The van der Waals surface area contributed by atoms with Crippen molar-refractivity contribution in [1.29, 1.82) is 0 Å². The van der Waals surface area contributed by atoms with Crippen molar-refractivity contribution >= 4 is 12.0 Å². The Bertz CT molecular complexity index is 399. The average molecular weight is 221 g/mol. The molecule has 4 heteroatoms. The van der Waals surface area contributed by atoms with Crippen LogP contribution in [-0.4, -0.2) is 31.8 Å². The third kappa shape index (κ3) is 3.40. The standard InChI is InChI=1S/C12H15NO3/c1-13-5-3-4-9-6-10(12(14)15)8-11(7-9)16-2/h3-4,6-8,13H,5H2,1-2H3,(H,14,15). The number of nitrogens with one attached hydrogen (secondary N) is 1. The zero-order chi connectivity index (χ0) is 12.0. The fourth-order valence-corrected chi connectivity index (χ4v) is 1.27. The molecule has 0 saturated carbocycles. The number of likely N-dealkylation sites (N-methyl/N-ethyl adjacent to an activating group) is 1. The largest absolute Gasteiger partial charge is 0.497 e. The average Bonchev–Trinajstić information content (AvgIpc) is 2.29. The second-order valence-corrected chi connectivity index (χ2v) is 3.26. The van der Waals surface area contributed by atoms with Crippen molar-refractivity contribution in [1.82, 2.24) is 5.32 Å². The summed E-state index contributed by atoms with van der Waals surface area (Å²) in [5.41, 5.74) is 1.04. The number of benzene rings is 1. The smallest absolute Gasteiger partial charge is 0.335 e. The molecule has 1 rings (SSSR count). The molecule has 0 unspecified atom stereocenters. The van der Waals surface area contributed by atoms with Crippen LogP contribution in [0.25, 0.3) is 6.08 Å². The van der Waals surface area contributed by atoms with Crippen molar-refractivity contribution in [2.45, 2.75) is 0 Å². The van der Waals surface area contributed by atoms with Gasteiger partial charge in [-0.15, -0.1) is 0 Å². The zero-order valence-corrected chi connectivity index (χ0v) is 9.36. The van der Waals surface area contributed by atoms with Crippen LogP contribution in [0.3, 0.4) is 0 Å². The van der Waals surface area contributed by atoms with Gasteiger partial charge in [0.15, 0.2) is 0 Å². The highest BCUT2D eigenvalue weighted by Gasteiger charge is 2.05. The molecular formula is C12H15NO3. The summed E-state index contributed by atoms with van der Waals surface area (Å²) in [7, 11) is 3.36. The molecule has 1 aromatic carbocycles.